The van der Waals surface area contributed by atoms with Crippen LogP contribution >= 0.6 is 23.1 Å². The van der Waals surface area contributed by atoms with E-state index in [1.54, 1.807) is 85.4 Å². The molecule has 0 fully saturated rings. The number of nitrogens with one attached hydrogen (secondary N) is 3. The van der Waals surface area contributed by atoms with Crippen molar-refractivity contribution in [2.45, 2.75) is 17.1 Å². The molecular formula is C29H26N4O4S2. The average molecular weight is 559 g/mol. The lowest BCUT2D eigenvalue weighted by atomic mass is 10.1. The van der Waals surface area contributed by atoms with Gasteiger partial charge in [-0.05, 0) is 67.1 Å². The molecule has 0 aliphatic heterocycles. The smallest absolute Gasteiger partial charge is 0.272 e. The van der Waals surface area contributed by atoms with Gasteiger partial charge in [0.15, 0.2) is 5.13 Å². The van der Waals surface area contributed by atoms with Crippen LogP contribution in [0, 0.1) is 0 Å². The van der Waals surface area contributed by atoms with Gasteiger partial charge in [0.05, 0.1) is 12.4 Å². The molecule has 8 nitrogen and oxygen atoms in total. The van der Waals surface area contributed by atoms with Crippen LogP contribution in [0.4, 0.5) is 10.8 Å². The zero-order valence-corrected chi connectivity index (χ0v) is 22.8. The van der Waals surface area contributed by atoms with Crippen molar-refractivity contribution in [1.29, 1.82) is 0 Å². The summed E-state index contributed by atoms with van der Waals surface area (Å²) in [7, 11) is 1.58. The molecule has 1 aromatic heterocycles. The second-order valence-corrected chi connectivity index (χ2v) is 10.5. The number of anilines is 2. The highest BCUT2D eigenvalue weighted by Gasteiger charge is 2.17. The molecule has 0 radical (unpaired) electrons. The van der Waals surface area contributed by atoms with Crippen molar-refractivity contribution in [2.24, 2.45) is 0 Å². The molecule has 198 valence electrons. The maximum atomic E-state index is 13.2. The zero-order valence-electron chi connectivity index (χ0n) is 21.2. The monoisotopic (exact) mass is 558 g/mol. The first-order valence-electron chi connectivity index (χ1n) is 11.9. The molecule has 0 bridgehead atoms. The Morgan fingerprint density at radius 1 is 0.949 bits per heavy atom. The number of benzene rings is 3. The summed E-state index contributed by atoms with van der Waals surface area (Å²) < 4.78 is 5.20. The lowest BCUT2D eigenvalue weighted by Crippen LogP contribution is -2.30. The molecule has 3 N–H and O–H groups in total. The Morgan fingerprint density at radius 3 is 2.31 bits per heavy atom. The fourth-order valence-corrected chi connectivity index (χ4v) is 4.77. The van der Waals surface area contributed by atoms with Crippen molar-refractivity contribution < 1.29 is 19.1 Å². The number of carbonyl (C=O) groups excluding carboxylic acids is 3. The summed E-state index contributed by atoms with van der Waals surface area (Å²) in [5.41, 5.74) is 1.77. The zero-order chi connectivity index (χ0) is 27.6. The van der Waals surface area contributed by atoms with Crippen molar-refractivity contribution in [3.63, 3.8) is 0 Å². The Labute approximate surface area is 234 Å². The predicted molar refractivity (Wildman–Crippen MR) is 156 cm³/mol. The van der Waals surface area contributed by atoms with Gasteiger partial charge in [-0.25, -0.2) is 4.98 Å². The molecule has 0 saturated heterocycles. The third-order valence-electron chi connectivity index (χ3n) is 5.41. The molecule has 0 aliphatic rings. The van der Waals surface area contributed by atoms with Crippen molar-refractivity contribution in [2.75, 3.05) is 17.7 Å². The summed E-state index contributed by atoms with van der Waals surface area (Å²) in [5, 5.41) is 10.4. The van der Waals surface area contributed by atoms with Crippen LogP contribution < -0.4 is 20.7 Å². The topological polar surface area (TPSA) is 109 Å². The largest absolute Gasteiger partial charge is 0.497 e. The SMILES string of the molecule is COc1ccc(/C=C(\NC(=O)c2ccccc2)C(=O)Nc2ccc(SC(C)C(=O)Nc3nccs3)cc2)cc1. The Kier molecular flexibility index (Phi) is 9.49. The summed E-state index contributed by atoms with van der Waals surface area (Å²) in [4.78, 5) is 43.4. The Morgan fingerprint density at radius 2 is 1.67 bits per heavy atom. The van der Waals surface area contributed by atoms with Gasteiger partial charge < -0.3 is 20.7 Å². The molecule has 3 aromatic carbocycles. The number of thiazole rings is 1. The molecule has 0 saturated carbocycles. The number of carbonyl (C=O) groups is 3. The van der Waals surface area contributed by atoms with Crippen LogP contribution in [-0.2, 0) is 9.59 Å². The van der Waals surface area contributed by atoms with Gasteiger partial charge in [-0.2, -0.15) is 0 Å². The molecule has 4 aromatic rings. The van der Waals surface area contributed by atoms with E-state index in [9.17, 15) is 14.4 Å². The Hall–Kier alpha value is -4.41. The van der Waals surface area contributed by atoms with E-state index in [0.29, 0.717) is 27.7 Å². The number of rotatable bonds is 10. The maximum Gasteiger partial charge on any atom is 0.272 e. The molecule has 1 heterocycles. The summed E-state index contributed by atoms with van der Waals surface area (Å²) in [5.74, 6) is -0.344. The van der Waals surface area contributed by atoms with E-state index in [-0.39, 0.29) is 16.9 Å². The van der Waals surface area contributed by atoms with E-state index in [4.69, 9.17) is 4.74 Å². The van der Waals surface area contributed by atoms with E-state index in [1.165, 1.54) is 23.1 Å². The van der Waals surface area contributed by atoms with Gasteiger partial charge in [0.2, 0.25) is 5.91 Å². The first-order valence-corrected chi connectivity index (χ1v) is 13.7. The van der Waals surface area contributed by atoms with Crippen molar-refractivity contribution in [3.8, 4) is 5.75 Å². The second-order valence-electron chi connectivity index (χ2n) is 8.22. The third-order valence-corrected chi connectivity index (χ3v) is 7.21. The minimum Gasteiger partial charge on any atom is -0.497 e. The summed E-state index contributed by atoms with van der Waals surface area (Å²) in [6.07, 6.45) is 3.23. The molecule has 0 aliphatic carbocycles. The molecule has 39 heavy (non-hydrogen) atoms. The number of thioether (sulfide) groups is 1. The number of ether oxygens (including phenoxy) is 1. The third kappa shape index (κ3) is 8.03. The highest BCUT2D eigenvalue weighted by molar-refractivity contribution is 8.00. The van der Waals surface area contributed by atoms with Crippen LogP contribution in [0.1, 0.15) is 22.8 Å². The fourth-order valence-electron chi connectivity index (χ4n) is 3.37. The quantitative estimate of drug-likeness (QED) is 0.171. The van der Waals surface area contributed by atoms with Crippen LogP contribution in [0.3, 0.4) is 0 Å². The van der Waals surface area contributed by atoms with E-state index in [1.807, 2.05) is 25.1 Å². The maximum absolute atomic E-state index is 13.2. The lowest BCUT2D eigenvalue weighted by Gasteiger charge is -2.13. The molecular weight excluding hydrogens is 532 g/mol. The lowest BCUT2D eigenvalue weighted by molar-refractivity contribution is -0.115. The van der Waals surface area contributed by atoms with Crippen LogP contribution in [0.25, 0.3) is 6.08 Å². The highest BCUT2D eigenvalue weighted by Crippen LogP contribution is 2.26. The number of aromatic nitrogens is 1. The number of amides is 3. The number of hydrogen-bond donors (Lipinski definition) is 3. The Balaban J connectivity index is 1.44. The number of methoxy groups -OCH3 is 1. The average Bonchev–Trinajstić information content (AvgIpc) is 3.47. The van der Waals surface area contributed by atoms with Gasteiger partial charge in [0, 0.05) is 27.7 Å². The second kappa shape index (κ2) is 13.4. The van der Waals surface area contributed by atoms with Gasteiger partial charge >= 0.3 is 0 Å². The standard InChI is InChI=1S/C29H26N4O4S2/c1-19(26(34)33-29-30-16-17-38-29)39-24-14-10-22(11-15-24)31-28(36)25(18-20-8-12-23(37-2)13-9-20)32-27(35)21-6-4-3-5-7-21/h3-19H,1-2H3,(H,31,36)(H,32,35)(H,30,33,34)/b25-18-. The first-order chi connectivity index (χ1) is 18.9. The summed E-state index contributed by atoms with van der Waals surface area (Å²) in [6, 6.07) is 22.9. The molecule has 3 amide bonds. The van der Waals surface area contributed by atoms with E-state index >= 15 is 0 Å². The minimum atomic E-state index is -0.480. The predicted octanol–water partition coefficient (Wildman–Crippen LogP) is 5.68. The molecule has 1 atom stereocenters. The van der Waals surface area contributed by atoms with E-state index in [0.717, 1.165) is 4.90 Å². The van der Waals surface area contributed by atoms with Gasteiger partial charge in [0.1, 0.15) is 11.4 Å². The van der Waals surface area contributed by atoms with Crippen LogP contribution in [0.15, 0.2) is 101 Å². The van der Waals surface area contributed by atoms with Gasteiger partial charge in [-0.1, -0.05) is 30.3 Å². The van der Waals surface area contributed by atoms with Crippen molar-refractivity contribution in [3.05, 3.63) is 107 Å². The first kappa shape index (κ1) is 27.6. The number of nitrogens with zero attached hydrogens (tertiary/aromatic N) is 1. The van der Waals surface area contributed by atoms with Crippen molar-refractivity contribution >= 4 is 57.7 Å². The van der Waals surface area contributed by atoms with Gasteiger partial charge in [0.25, 0.3) is 11.8 Å². The van der Waals surface area contributed by atoms with Crippen LogP contribution in [-0.4, -0.2) is 35.1 Å². The van der Waals surface area contributed by atoms with E-state index < -0.39 is 11.8 Å². The molecule has 10 heteroatoms. The Bertz CT molecular complexity index is 1440. The fraction of sp³-hybridized carbons (Fsp3) is 0.103. The molecule has 0 spiro atoms. The van der Waals surface area contributed by atoms with Gasteiger partial charge in [-0.3, -0.25) is 14.4 Å². The highest BCUT2D eigenvalue weighted by atomic mass is 32.2. The normalized spacial score (nSPS) is 11.8. The van der Waals surface area contributed by atoms with E-state index in [2.05, 4.69) is 20.9 Å². The summed E-state index contributed by atoms with van der Waals surface area (Å²) >= 11 is 2.75. The van der Waals surface area contributed by atoms with Crippen LogP contribution in [0.2, 0.25) is 0 Å². The minimum absolute atomic E-state index is 0.0833. The van der Waals surface area contributed by atoms with Gasteiger partial charge in [-0.15, -0.1) is 23.1 Å². The summed E-state index contributed by atoms with van der Waals surface area (Å²) in [6.45, 7) is 1.81. The van der Waals surface area contributed by atoms with Crippen molar-refractivity contribution in [1.82, 2.24) is 10.3 Å². The number of hydrogen-bond acceptors (Lipinski definition) is 7. The molecule has 4 rings (SSSR count). The molecule has 1 unspecified atom stereocenters. The van der Waals surface area contributed by atoms with Crippen LogP contribution in [0.5, 0.6) is 5.75 Å².